The Morgan fingerprint density at radius 2 is 1.71 bits per heavy atom. The zero-order valence-electron chi connectivity index (χ0n) is 11.5. The first-order valence-electron chi connectivity index (χ1n) is 6.60. The van der Waals surface area contributed by atoms with Crippen LogP contribution in [0, 0.1) is 6.92 Å². The van der Waals surface area contributed by atoms with Crippen molar-refractivity contribution < 1.29 is 9.90 Å². The van der Waals surface area contributed by atoms with Crippen LogP contribution in [-0.2, 0) is 0 Å². The first-order valence-corrected chi connectivity index (χ1v) is 6.60. The summed E-state index contributed by atoms with van der Waals surface area (Å²) in [6.07, 6.45) is 1.39. The molecule has 2 aromatic carbocycles. The van der Waals surface area contributed by atoms with E-state index in [2.05, 4.69) is 5.10 Å². The van der Waals surface area contributed by atoms with Gasteiger partial charge in [-0.2, -0.15) is 5.10 Å². The first kappa shape index (κ1) is 13.1. The van der Waals surface area contributed by atoms with Gasteiger partial charge in [-0.3, -0.25) is 0 Å². The average Bonchev–Trinajstić information content (AvgIpc) is 2.94. The molecular formula is C17H14N2O2. The zero-order chi connectivity index (χ0) is 14.8. The van der Waals surface area contributed by atoms with Gasteiger partial charge in [0, 0.05) is 5.56 Å². The van der Waals surface area contributed by atoms with Crippen LogP contribution >= 0.6 is 0 Å². The maximum absolute atomic E-state index is 11.4. The minimum Gasteiger partial charge on any atom is -0.478 e. The molecule has 104 valence electrons. The molecule has 4 nitrogen and oxygen atoms in total. The van der Waals surface area contributed by atoms with Gasteiger partial charge < -0.3 is 5.11 Å². The summed E-state index contributed by atoms with van der Waals surface area (Å²) in [6, 6.07) is 17.2. The number of carboxylic acid groups (broad SMARTS) is 1. The summed E-state index contributed by atoms with van der Waals surface area (Å²) in [6.45, 7) is 2.01. The van der Waals surface area contributed by atoms with E-state index < -0.39 is 5.97 Å². The van der Waals surface area contributed by atoms with Gasteiger partial charge >= 0.3 is 5.97 Å². The lowest BCUT2D eigenvalue weighted by molar-refractivity contribution is 0.0697. The Labute approximate surface area is 122 Å². The third-order valence-corrected chi connectivity index (χ3v) is 3.33. The lowest BCUT2D eigenvalue weighted by Gasteiger charge is -2.09. The lowest BCUT2D eigenvalue weighted by Crippen LogP contribution is -2.02. The number of aromatic carboxylic acids is 1. The molecule has 0 aliphatic rings. The van der Waals surface area contributed by atoms with Crippen LogP contribution in [0.1, 0.15) is 15.9 Å². The zero-order valence-corrected chi connectivity index (χ0v) is 11.5. The van der Waals surface area contributed by atoms with Gasteiger partial charge in [-0.1, -0.05) is 48.0 Å². The maximum atomic E-state index is 11.4. The Hall–Kier alpha value is -2.88. The highest BCUT2D eigenvalue weighted by Crippen LogP contribution is 2.26. The number of carbonyl (C=O) groups is 1. The van der Waals surface area contributed by atoms with E-state index in [0.717, 1.165) is 16.8 Å². The topological polar surface area (TPSA) is 55.1 Å². The predicted molar refractivity (Wildman–Crippen MR) is 80.7 cm³/mol. The van der Waals surface area contributed by atoms with Gasteiger partial charge in [-0.25, -0.2) is 9.48 Å². The second-order valence-electron chi connectivity index (χ2n) is 4.83. The Morgan fingerprint density at radius 3 is 2.33 bits per heavy atom. The normalized spacial score (nSPS) is 10.5. The Bertz CT molecular complexity index is 774. The fraction of sp³-hybridized carbons (Fsp3) is 0.0588. The number of aryl methyl sites for hydroxylation is 1. The molecule has 3 aromatic rings. The van der Waals surface area contributed by atoms with Gasteiger partial charge in [0.1, 0.15) is 5.56 Å². The van der Waals surface area contributed by atoms with Gasteiger partial charge in [0.25, 0.3) is 0 Å². The molecule has 0 bridgehead atoms. The van der Waals surface area contributed by atoms with E-state index in [1.807, 2.05) is 61.5 Å². The van der Waals surface area contributed by atoms with Crippen molar-refractivity contribution in [3.05, 3.63) is 71.9 Å². The SMILES string of the molecule is Cc1ccc(-n2ncc(C(=O)O)c2-c2ccccc2)cc1. The Morgan fingerprint density at radius 1 is 1.05 bits per heavy atom. The molecule has 1 N–H and O–H groups in total. The fourth-order valence-corrected chi connectivity index (χ4v) is 2.26. The van der Waals surface area contributed by atoms with E-state index in [4.69, 9.17) is 0 Å². The van der Waals surface area contributed by atoms with Gasteiger partial charge in [-0.05, 0) is 19.1 Å². The lowest BCUT2D eigenvalue weighted by atomic mass is 10.1. The summed E-state index contributed by atoms with van der Waals surface area (Å²) in [4.78, 5) is 11.4. The molecule has 0 amide bonds. The van der Waals surface area contributed by atoms with Crippen molar-refractivity contribution in [1.82, 2.24) is 9.78 Å². The van der Waals surface area contributed by atoms with Gasteiger partial charge in [-0.15, -0.1) is 0 Å². The first-order chi connectivity index (χ1) is 10.2. The highest BCUT2D eigenvalue weighted by Gasteiger charge is 2.19. The van der Waals surface area contributed by atoms with Crippen LogP contribution in [0.15, 0.2) is 60.8 Å². The highest BCUT2D eigenvalue weighted by atomic mass is 16.4. The molecule has 1 aromatic heterocycles. The summed E-state index contributed by atoms with van der Waals surface area (Å²) in [5.74, 6) is -0.979. The molecule has 0 saturated carbocycles. The minimum absolute atomic E-state index is 0.196. The van der Waals surface area contributed by atoms with Crippen LogP contribution in [0.5, 0.6) is 0 Å². The third-order valence-electron chi connectivity index (χ3n) is 3.33. The molecule has 0 fully saturated rings. The molecule has 3 rings (SSSR count). The second kappa shape index (κ2) is 5.25. The molecule has 0 aliphatic carbocycles. The minimum atomic E-state index is -0.979. The van der Waals surface area contributed by atoms with Crippen molar-refractivity contribution in [2.45, 2.75) is 6.92 Å². The maximum Gasteiger partial charge on any atom is 0.339 e. The number of nitrogens with zero attached hydrogens (tertiary/aromatic N) is 2. The summed E-state index contributed by atoms with van der Waals surface area (Å²) >= 11 is 0. The van der Waals surface area contributed by atoms with Gasteiger partial charge in [0.05, 0.1) is 17.6 Å². The van der Waals surface area contributed by atoms with E-state index in [1.54, 1.807) is 4.68 Å². The van der Waals surface area contributed by atoms with E-state index in [1.165, 1.54) is 6.20 Å². The molecule has 21 heavy (non-hydrogen) atoms. The Balaban J connectivity index is 2.22. The van der Waals surface area contributed by atoms with E-state index in [-0.39, 0.29) is 5.56 Å². The molecule has 0 unspecified atom stereocenters. The van der Waals surface area contributed by atoms with Crippen molar-refractivity contribution in [2.24, 2.45) is 0 Å². The Kier molecular flexibility index (Phi) is 3.28. The quantitative estimate of drug-likeness (QED) is 0.797. The summed E-state index contributed by atoms with van der Waals surface area (Å²) in [5.41, 5.74) is 3.60. The second-order valence-corrected chi connectivity index (χ2v) is 4.83. The molecular weight excluding hydrogens is 264 g/mol. The largest absolute Gasteiger partial charge is 0.478 e. The molecule has 4 heteroatoms. The molecule has 0 radical (unpaired) electrons. The van der Waals surface area contributed by atoms with E-state index in [9.17, 15) is 9.90 Å². The molecule has 1 heterocycles. The van der Waals surface area contributed by atoms with Crippen LogP contribution in [0.2, 0.25) is 0 Å². The predicted octanol–water partition coefficient (Wildman–Crippen LogP) is 3.55. The summed E-state index contributed by atoms with van der Waals surface area (Å²) in [7, 11) is 0. The van der Waals surface area contributed by atoms with Crippen molar-refractivity contribution in [3.63, 3.8) is 0 Å². The van der Waals surface area contributed by atoms with Crippen molar-refractivity contribution in [3.8, 4) is 16.9 Å². The monoisotopic (exact) mass is 278 g/mol. The third kappa shape index (κ3) is 2.43. The number of hydrogen-bond acceptors (Lipinski definition) is 2. The average molecular weight is 278 g/mol. The van der Waals surface area contributed by atoms with Crippen molar-refractivity contribution in [2.75, 3.05) is 0 Å². The van der Waals surface area contributed by atoms with Crippen LogP contribution in [0.3, 0.4) is 0 Å². The highest BCUT2D eigenvalue weighted by molar-refractivity contribution is 5.95. The standard InChI is InChI=1S/C17H14N2O2/c1-12-7-9-14(10-8-12)19-16(13-5-3-2-4-6-13)15(11-18-19)17(20)21/h2-11H,1H3,(H,20,21). The smallest absolute Gasteiger partial charge is 0.339 e. The summed E-state index contributed by atoms with van der Waals surface area (Å²) in [5, 5.41) is 13.6. The van der Waals surface area contributed by atoms with Crippen LogP contribution in [-0.4, -0.2) is 20.9 Å². The number of rotatable bonds is 3. The molecule has 0 saturated heterocycles. The van der Waals surface area contributed by atoms with E-state index >= 15 is 0 Å². The molecule has 0 atom stereocenters. The fourth-order valence-electron chi connectivity index (χ4n) is 2.26. The summed E-state index contributed by atoms with van der Waals surface area (Å²) < 4.78 is 1.66. The molecule has 0 spiro atoms. The van der Waals surface area contributed by atoms with Crippen molar-refractivity contribution in [1.29, 1.82) is 0 Å². The number of carboxylic acids is 1. The molecule has 0 aliphatic heterocycles. The van der Waals surface area contributed by atoms with Gasteiger partial charge in [0.2, 0.25) is 0 Å². The van der Waals surface area contributed by atoms with Crippen LogP contribution < -0.4 is 0 Å². The number of benzene rings is 2. The number of aromatic nitrogens is 2. The van der Waals surface area contributed by atoms with Crippen LogP contribution in [0.25, 0.3) is 16.9 Å². The number of hydrogen-bond donors (Lipinski definition) is 1. The van der Waals surface area contributed by atoms with Crippen molar-refractivity contribution >= 4 is 5.97 Å². The van der Waals surface area contributed by atoms with Crippen LogP contribution in [0.4, 0.5) is 0 Å². The van der Waals surface area contributed by atoms with E-state index in [0.29, 0.717) is 5.69 Å². The van der Waals surface area contributed by atoms with Gasteiger partial charge in [0.15, 0.2) is 0 Å².